The normalized spacial score (nSPS) is 51.0. The van der Waals surface area contributed by atoms with Crippen molar-refractivity contribution >= 4 is 0 Å². The third-order valence-electron chi connectivity index (χ3n) is 7.90. The van der Waals surface area contributed by atoms with Gasteiger partial charge in [0.15, 0.2) is 6.29 Å². The summed E-state index contributed by atoms with van der Waals surface area (Å²) in [6.45, 7) is 2.43. The van der Waals surface area contributed by atoms with E-state index in [0.29, 0.717) is 30.1 Å². The maximum absolute atomic E-state index is 14.2. The Hall–Kier alpha value is -0.410. The summed E-state index contributed by atoms with van der Waals surface area (Å²) < 4.78 is 14.2. The molecule has 3 heteroatoms. The molecule has 0 aliphatic heterocycles. The monoisotopic (exact) mass is 308 g/mol. The number of allylic oxidation sites excluding steroid dienone is 2. The Labute approximate surface area is 132 Å². The minimum Gasteiger partial charge on any atom is -0.368 e. The molecule has 0 spiro atoms. The molecule has 0 aromatic carbocycles. The molecule has 0 radical (unpaired) electrons. The van der Waals surface area contributed by atoms with Crippen molar-refractivity contribution in [3.05, 3.63) is 11.6 Å². The van der Waals surface area contributed by atoms with Crippen LogP contribution < -0.4 is 0 Å². The third kappa shape index (κ3) is 1.91. The Morgan fingerprint density at radius 1 is 1.23 bits per heavy atom. The fraction of sp³-hybridized carbons (Fsp3) is 0.895. The van der Waals surface area contributed by atoms with Gasteiger partial charge in [-0.3, -0.25) is 0 Å². The zero-order chi connectivity index (χ0) is 15.5. The van der Waals surface area contributed by atoms with Crippen LogP contribution in [-0.4, -0.2) is 22.7 Å². The van der Waals surface area contributed by atoms with Crippen molar-refractivity contribution < 1.29 is 14.6 Å². The SMILES string of the molecule is C[C@]12CCCCC1=CC[C@@H]1[C@H]2CC[C@]2(C(O)O)CC(F)C[C@@H]12. The summed E-state index contributed by atoms with van der Waals surface area (Å²) in [6, 6.07) is 0. The van der Waals surface area contributed by atoms with E-state index in [1.165, 1.54) is 25.7 Å². The number of halogens is 1. The van der Waals surface area contributed by atoms with Crippen LogP contribution in [0.25, 0.3) is 0 Å². The highest BCUT2D eigenvalue weighted by atomic mass is 19.1. The smallest absolute Gasteiger partial charge is 0.157 e. The van der Waals surface area contributed by atoms with Gasteiger partial charge in [-0.25, -0.2) is 4.39 Å². The molecule has 6 atom stereocenters. The molecule has 4 rings (SSSR count). The van der Waals surface area contributed by atoms with E-state index in [1.54, 1.807) is 5.57 Å². The number of rotatable bonds is 1. The predicted octanol–water partition coefficient (Wildman–Crippen LogP) is 3.97. The maximum atomic E-state index is 14.2. The summed E-state index contributed by atoms with van der Waals surface area (Å²) in [5.74, 6) is 1.22. The maximum Gasteiger partial charge on any atom is 0.157 e. The van der Waals surface area contributed by atoms with Gasteiger partial charge in [0.05, 0.1) is 0 Å². The zero-order valence-corrected chi connectivity index (χ0v) is 13.6. The highest BCUT2D eigenvalue weighted by Crippen LogP contribution is 2.65. The van der Waals surface area contributed by atoms with Gasteiger partial charge < -0.3 is 10.2 Å². The van der Waals surface area contributed by atoms with E-state index in [4.69, 9.17) is 0 Å². The molecule has 22 heavy (non-hydrogen) atoms. The summed E-state index contributed by atoms with van der Waals surface area (Å²) in [7, 11) is 0. The van der Waals surface area contributed by atoms with Gasteiger partial charge in [-0.05, 0) is 74.5 Å². The van der Waals surface area contributed by atoms with Crippen LogP contribution in [-0.2, 0) is 0 Å². The lowest BCUT2D eigenvalue weighted by Gasteiger charge is -2.57. The van der Waals surface area contributed by atoms with Gasteiger partial charge in [-0.1, -0.05) is 25.0 Å². The van der Waals surface area contributed by atoms with Crippen molar-refractivity contribution in [3.8, 4) is 0 Å². The second-order valence-electron chi connectivity index (χ2n) is 8.65. The molecule has 2 N–H and O–H groups in total. The quantitative estimate of drug-likeness (QED) is 0.568. The molecule has 3 fully saturated rings. The molecule has 0 aromatic rings. The number of aliphatic hydroxyl groups excluding tert-OH is 1. The van der Waals surface area contributed by atoms with Crippen molar-refractivity contribution in [2.45, 2.75) is 77.2 Å². The Morgan fingerprint density at radius 2 is 2.05 bits per heavy atom. The van der Waals surface area contributed by atoms with Gasteiger partial charge in [0.2, 0.25) is 0 Å². The molecular formula is C19H29FO2. The van der Waals surface area contributed by atoms with Crippen LogP contribution in [0.2, 0.25) is 0 Å². The fourth-order valence-electron chi connectivity index (χ4n) is 6.80. The third-order valence-corrected chi connectivity index (χ3v) is 7.90. The molecule has 124 valence electrons. The first-order chi connectivity index (χ1) is 10.5. The lowest BCUT2D eigenvalue weighted by atomic mass is 9.48. The lowest BCUT2D eigenvalue weighted by Crippen LogP contribution is -2.52. The Kier molecular flexibility index (Phi) is 3.47. The largest absolute Gasteiger partial charge is 0.368 e. The topological polar surface area (TPSA) is 40.5 Å². The van der Waals surface area contributed by atoms with E-state index in [9.17, 15) is 14.6 Å². The Balaban J connectivity index is 1.70. The minimum atomic E-state index is -1.36. The van der Waals surface area contributed by atoms with Crippen LogP contribution in [0.1, 0.15) is 64.7 Å². The van der Waals surface area contributed by atoms with Crippen molar-refractivity contribution in [2.75, 3.05) is 0 Å². The number of aliphatic hydroxyl groups is 2. The van der Waals surface area contributed by atoms with E-state index in [2.05, 4.69) is 13.0 Å². The van der Waals surface area contributed by atoms with Gasteiger partial charge >= 0.3 is 0 Å². The molecule has 2 nitrogen and oxygen atoms in total. The fourth-order valence-corrected chi connectivity index (χ4v) is 6.80. The van der Waals surface area contributed by atoms with Gasteiger partial charge in [-0.2, -0.15) is 0 Å². The summed E-state index contributed by atoms with van der Waals surface area (Å²) >= 11 is 0. The molecule has 4 aliphatic carbocycles. The number of hydrogen-bond donors (Lipinski definition) is 2. The first-order valence-corrected chi connectivity index (χ1v) is 9.17. The van der Waals surface area contributed by atoms with Crippen LogP contribution in [0, 0.1) is 28.6 Å². The molecule has 4 aliphatic rings. The van der Waals surface area contributed by atoms with Gasteiger partial charge in [0.1, 0.15) is 6.17 Å². The Bertz CT molecular complexity index is 488. The van der Waals surface area contributed by atoms with E-state index < -0.39 is 17.9 Å². The highest BCUT2D eigenvalue weighted by molar-refractivity contribution is 5.24. The molecule has 0 bridgehead atoms. The first kappa shape index (κ1) is 15.1. The number of fused-ring (bicyclic) bond motifs is 5. The van der Waals surface area contributed by atoms with Crippen LogP contribution in [0.15, 0.2) is 11.6 Å². The standard InChI is InChI=1S/C19H29FO2/c1-18-8-3-2-4-12(18)5-6-14-15(18)7-9-19(17(21)22)11-13(20)10-16(14)19/h5,13-17,21-22H,2-4,6-11H2,1H3/t13?,14-,15-,16+,18+,19+/m1/s1. The second kappa shape index (κ2) is 5.04. The number of alkyl halides is 1. The van der Waals surface area contributed by atoms with Crippen LogP contribution in [0.3, 0.4) is 0 Å². The average molecular weight is 308 g/mol. The van der Waals surface area contributed by atoms with Gasteiger partial charge in [-0.15, -0.1) is 0 Å². The zero-order valence-electron chi connectivity index (χ0n) is 13.6. The summed E-state index contributed by atoms with van der Waals surface area (Å²) in [5.41, 5.74) is 1.37. The van der Waals surface area contributed by atoms with Crippen LogP contribution >= 0.6 is 0 Å². The van der Waals surface area contributed by atoms with Crippen molar-refractivity contribution in [3.63, 3.8) is 0 Å². The van der Waals surface area contributed by atoms with Crippen LogP contribution in [0.4, 0.5) is 4.39 Å². The van der Waals surface area contributed by atoms with Gasteiger partial charge in [0.25, 0.3) is 0 Å². The summed E-state index contributed by atoms with van der Waals surface area (Å²) in [6.07, 6.45) is 9.11. The molecular weight excluding hydrogens is 279 g/mol. The molecule has 1 unspecified atom stereocenters. The molecule has 0 saturated heterocycles. The Morgan fingerprint density at radius 3 is 2.82 bits per heavy atom. The number of hydrogen-bond acceptors (Lipinski definition) is 2. The van der Waals surface area contributed by atoms with E-state index in [0.717, 1.165) is 19.3 Å². The summed E-state index contributed by atoms with van der Waals surface area (Å²) in [4.78, 5) is 0. The lowest BCUT2D eigenvalue weighted by molar-refractivity contribution is -0.187. The van der Waals surface area contributed by atoms with Gasteiger partial charge in [0, 0.05) is 5.41 Å². The van der Waals surface area contributed by atoms with E-state index in [-0.39, 0.29) is 5.92 Å². The first-order valence-electron chi connectivity index (χ1n) is 9.17. The highest BCUT2D eigenvalue weighted by Gasteiger charge is 2.61. The molecule has 0 amide bonds. The molecule has 0 aromatic heterocycles. The van der Waals surface area contributed by atoms with Crippen molar-refractivity contribution in [1.29, 1.82) is 0 Å². The average Bonchev–Trinajstić information content (AvgIpc) is 2.84. The van der Waals surface area contributed by atoms with E-state index in [1.807, 2.05) is 0 Å². The van der Waals surface area contributed by atoms with Crippen LogP contribution in [0.5, 0.6) is 0 Å². The summed E-state index contributed by atoms with van der Waals surface area (Å²) in [5, 5.41) is 20.0. The van der Waals surface area contributed by atoms with Crippen molar-refractivity contribution in [1.82, 2.24) is 0 Å². The van der Waals surface area contributed by atoms with E-state index >= 15 is 0 Å². The molecule has 0 heterocycles. The predicted molar refractivity (Wildman–Crippen MR) is 83.8 cm³/mol. The molecule has 3 saturated carbocycles. The second-order valence-corrected chi connectivity index (χ2v) is 8.65. The minimum absolute atomic E-state index is 0.151. The van der Waals surface area contributed by atoms with Crippen molar-refractivity contribution in [2.24, 2.45) is 28.6 Å².